The lowest BCUT2D eigenvalue weighted by molar-refractivity contribution is -0.206. The third-order valence-corrected chi connectivity index (χ3v) is 4.16. The maximum atomic E-state index is 12.5. The third kappa shape index (κ3) is 5.01. The fourth-order valence-corrected chi connectivity index (χ4v) is 2.06. The molecule has 1 N–H and O–H groups in total. The number of aliphatic hydroxyl groups excluding tert-OH is 1. The van der Waals surface area contributed by atoms with Crippen molar-refractivity contribution in [3.05, 3.63) is 35.4 Å². The van der Waals surface area contributed by atoms with Crippen molar-refractivity contribution in [2.75, 3.05) is 0 Å². The molecular formula is C14H18F3NO2S. The van der Waals surface area contributed by atoms with Gasteiger partial charge in [-0.25, -0.2) is 0 Å². The molecule has 0 aliphatic carbocycles. The van der Waals surface area contributed by atoms with Gasteiger partial charge in [-0.15, -0.1) is 0 Å². The quantitative estimate of drug-likeness (QED) is 0.684. The van der Waals surface area contributed by atoms with Crippen LogP contribution in [0.2, 0.25) is 0 Å². The molecular weight excluding hydrogens is 303 g/mol. The van der Waals surface area contributed by atoms with E-state index < -0.39 is 28.4 Å². The standard InChI is InChI=1S/C14H18F3NO2S/c1-9(18-21(20)13(2,3)4)10-6-5-7-11(8-10)12(19)14(15,16)17/h5-8,12,19H,1-4H3. The summed E-state index contributed by atoms with van der Waals surface area (Å²) in [7, 11) is 0. The highest BCUT2D eigenvalue weighted by atomic mass is 32.2. The van der Waals surface area contributed by atoms with Gasteiger partial charge in [-0.2, -0.15) is 13.2 Å². The number of aliphatic hydroxyl groups is 1. The molecule has 1 aromatic rings. The van der Waals surface area contributed by atoms with Gasteiger partial charge in [0.05, 0.1) is 5.71 Å². The Morgan fingerprint density at radius 1 is 1.29 bits per heavy atom. The molecule has 21 heavy (non-hydrogen) atoms. The van der Waals surface area contributed by atoms with Gasteiger partial charge in [0.1, 0.15) is 16.1 Å². The van der Waals surface area contributed by atoms with Crippen molar-refractivity contribution in [3.8, 4) is 0 Å². The van der Waals surface area contributed by atoms with Gasteiger partial charge >= 0.3 is 6.18 Å². The number of nitrogens with zero attached hydrogens (tertiary/aromatic N) is 1. The molecule has 2 unspecified atom stereocenters. The second kappa shape index (κ2) is 6.37. The first-order chi connectivity index (χ1) is 9.43. The van der Waals surface area contributed by atoms with Gasteiger partial charge in [0, 0.05) is 5.56 Å². The monoisotopic (exact) mass is 321 g/mol. The third-order valence-electron chi connectivity index (χ3n) is 2.67. The smallest absolute Gasteiger partial charge is 0.418 e. The van der Waals surface area contributed by atoms with E-state index in [9.17, 15) is 22.8 Å². The summed E-state index contributed by atoms with van der Waals surface area (Å²) in [6.07, 6.45) is -7.27. The van der Waals surface area contributed by atoms with Crippen LogP contribution in [0.5, 0.6) is 0 Å². The Balaban J connectivity index is 3.08. The first kappa shape index (κ1) is 18.0. The minimum absolute atomic E-state index is 0.268. The van der Waals surface area contributed by atoms with Gasteiger partial charge in [-0.1, -0.05) is 22.6 Å². The van der Waals surface area contributed by atoms with E-state index in [0.717, 1.165) is 0 Å². The Bertz CT molecular complexity index is 524. The van der Waals surface area contributed by atoms with Crippen LogP contribution >= 0.6 is 0 Å². The number of benzene rings is 1. The Kier molecular flexibility index (Phi) is 5.46. The molecule has 0 spiro atoms. The van der Waals surface area contributed by atoms with Gasteiger partial charge in [0.25, 0.3) is 0 Å². The highest BCUT2D eigenvalue weighted by Crippen LogP contribution is 2.32. The normalized spacial score (nSPS) is 16.7. The minimum Gasteiger partial charge on any atom is -0.591 e. The molecule has 0 fully saturated rings. The van der Waals surface area contributed by atoms with Crippen LogP contribution in [0, 0.1) is 0 Å². The zero-order chi connectivity index (χ0) is 16.4. The number of halogens is 3. The topological polar surface area (TPSA) is 55.7 Å². The number of alkyl halides is 3. The van der Waals surface area contributed by atoms with E-state index in [2.05, 4.69) is 4.40 Å². The average Bonchev–Trinajstić information content (AvgIpc) is 2.35. The van der Waals surface area contributed by atoms with Gasteiger partial charge in [0.2, 0.25) is 0 Å². The zero-order valence-corrected chi connectivity index (χ0v) is 13.0. The second-order valence-corrected chi connectivity index (χ2v) is 7.51. The molecule has 0 aliphatic heterocycles. The zero-order valence-electron chi connectivity index (χ0n) is 12.2. The van der Waals surface area contributed by atoms with Crippen LogP contribution in [-0.4, -0.2) is 26.3 Å². The summed E-state index contributed by atoms with van der Waals surface area (Å²) in [6.45, 7) is 6.83. The van der Waals surface area contributed by atoms with Crippen molar-refractivity contribution < 1.29 is 22.8 Å². The van der Waals surface area contributed by atoms with Gasteiger partial charge < -0.3 is 9.66 Å². The van der Waals surface area contributed by atoms with Gasteiger partial charge in [-0.05, 0) is 39.3 Å². The highest BCUT2D eigenvalue weighted by molar-refractivity contribution is 7.91. The summed E-state index contributed by atoms with van der Waals surface area (Å²) < 4.78 is 52.9. The molecule has 3 nitrogen and oxygen atoms in total. The van der Waals surface area contributed by atoms with Crippen LogP contribution in [0.25, 0.3) is 0 Å². The Morgan fingerprint density at radius 3 is 2.33 bits per heavy atom. The number of hydrogen-bond acceptors (Lipinski definition) is 3. The molecule has 0 saturated heterocycles. The maximum absolute atomic E-state index is 12.5. The van der Waals surface area contributed by atoms with Gasteiger partial charge in [0.15, 0.2) is 6.10 Å². The van der Waals surface area contributed by atoms with E-state index in [1.807, 2.05) is 0 Å². The van der Waals surface area contributed by atoms with E-state index in [1.54, 1.807) is 33.8 Å². The highest BCUT2D eigenvalue weighted by Gasteiger charge is 2.39. The fraction of sp³-hybridized carbons (Fsp3) is 0.500. The summed E-state index contributed by atoms with van der Waals surface area (Å²) in [6, 6.07) is 5.36. The second-order valence-electron chi connectivity index (χ2n) is 5.61. The first-order valence-corrected chi connectivity index (χ1v) is 7.36. The maximum Gasteiger partial charge on any atom is 0.418 e. The van der Waals surface area contributed by atoms with Crippen LogP contribution in [0.4, 0.5) is 13.2 Å². The lowest BCUT2D eigenvalue weighted by Crippen LogP contribution is -2.26. The van der Waals surface area contributed by atoms with Crippen LogP contribution in [0.3, 0.4) is 0 Å². The van der Waals surface area contributed by atoms with Crippen molar-refractivity contribution in [1.82, 2.24) is 0 Å². The van der Waals surface area contributed by atoms with E-state index >= 15 is 0 Å². The number of hydrogen-bond donors (Lipinski definition) is 1. The van der Waals surface area contributed by atoms with Crippen molar-refractivity contribution in [1.29, 1.82) is 0 Å². The number of rotatable bonds is 3. The van der Waals surface area contributed by atoms with Crippen LogP contribution in [-0.2, 0) is 11.4 Å². The minimum atomic E-state index is -4.72. The van der Waals surface area contributed by atoms with E-state index in [4.69, 9.17) is 0 Å². The molecule has 1 aromatic carbocycles. The molecule has 0 saturated carbocycles. The molecule has 0 aromatic heterocycles. The molecule has 118 valence electrons. The summed E-state index contributed by atoms with van der Waals surface area (Å²) in [5.74, 6) is 0. The van der Waals surface area contributed by atoms with Crippen molar-refractivity contribution in [2.45, 2.75) is 44.7 Å². The molecule has 0 bridgehead atoms. The predicted octanol–water partition coefficient (Wildman–Crippen LogP) is 3.55. The summed E-state index contributed by atoms with van der Waals surface area (Å²) in [4.78, 5) is 0. The van der Waals surface area contributed by atoms with Crippen molar-refractivity contribution in [2.24, 2.45) is 4.40 Å². The fourth-order valence-electron chi connectivity index (χ4n) is 1.44. The van der Waals surface area contributed by atoms with Crippen LogP contribution in [0.15, 0.2) is 28.7 Å². The molecule has 0 amide bonds. The lowest BCUT2D eigenvalue weighted by Gasteiger charge is -2.19. The predicted molar refractivity (Wildman–Crippen MR) is 77.6 cm³/mol. The molecule has 7 heteroatoms. The SMILES string of the molecule is CC(=N[S+]([O-])C(C)(C)C)c1cccc(C(O)C(F)(F)F)c1. The van der Waals surface area contributed by atoms with E-state index in [0.29, 0.717) is 11.3 Å². The Labute approximate surface area is 125 Å². The molecule has 0 aliphatic rings. The van der Waals surface area contributed by atoms with Gasteiger partial charge in [-0.3, -0.25) is 0 Å². The van der Waals surface area contributed by atoms with Crippen molar-refractivity contribution in [3.63, 3.8) is 0 Å². The molecule has 0 heterocycles. The average molecular weight is 321 g/mol. The summed E-state index contributed by atoms with van der Waals surface area (Å²) >= 11 is -1.50. The summed E-state index contributed by atoms with van der Waals surface area (Å²) in [5, 5.41) is 9.25. The lowest BCUT2D eigenvalue weighted by atomic mass is 10.0. The van der Waals surface area contributed by atoms with Crippen LogP contribution < -0.4 is 0 Å². The molecule has 1 rings (SSSR count). The Hall–Kier alpha value is -1.05. The Morgan fingerprint density at radius 2 is 1.86 bits per heavy atom. The van der Waals surface area contributed by atoms with E-state index in [-0.39, 0.29) is 5.56 Å². The van der Waals surface area contributed by atoms with Crippen molar-refractivity contribution >= 4 is 17.1 Å². The first-order valence-electron chi connectivity index (χ1n) is 6.25. The summed E-state index contributed by atoms with van der Waals surface area (Å²) in [5.41, 5.74) is 0.490. The van der Waals surface area contributed by atoms with Crippen LogP contribution in [0.1, 0.15) is 44.9 Å². The molecule has 2 atom stereocenters. The largest absolute Gasteiger partial charge is 0.591 e. The van der Waals surface area contributed by atoms with E-state index in [1.165, 1.54) is 18.2 Å². The molecule has 0 radical (unpaired) electrons.